The molecule has 194 valence electrons. The van der Waals surface area contributed by atoms with Crippen molar-refractivity contribution in [2.75, 3.05) is 39.9 Å². The van der Waals surface area contributed by atoms with Gasteiger partial charge in [0.15, 0.2) is 0 Å². The topological polar surface area (TPSA) is 89.7 Å². The molecular weight excluding hydrogens is 478 g/mol. The maximum atomic E-state index is 13.5. The van der Waals surface area contributed by atoms with E-state index in [0.717, 1.165) is 30.7 Å². The van der Waals surface area contributed by atoms with E-state index in [2.05, 4.69) is 9.88 Å². The Morgan fingerprint density at radius 2 is 1.61 bits per heavy atom. The average Bonchev–Trinajstić information content (AvgIpc) is 3.19. The summed E-state index contributed by atoms with van der Waals surface area (Å²) in [5.74, 6) is 0. The molecule has 0 saturated carbocycles. The van der Waals surface area contributed by atoms with Gasteiger partial charge in [-0.3, -0.25) is 19.0 Å². The number of hydrogen-bond donors (Lipinski definition) is 0. The van der Waals surface area contributed by atoms with Crippen molar-refractivity contribution < 1.29 is 13.2 Å². The third-order valence-electron chi connectivity index (χ3n) is 7.65. The van der Waals surface area contributed by atoms with Crippen LogP contribution in [-0.2, 0) is 27.8 Å². The molecule has 5 rings (SSSR count). The minimum Gasteiger partial charge on any atom is -0.383 e. The Hall–Kier alpha value is -2.53. The molecule has 2 saturated heterocycles. The molecule has 0 atom stereocenters. The molecule has 0 unspecified atom stereocenters. The molecule has 0 spiro atoms. The maximum Gasteiger partial charge on any atom is 0.329 e. The number of hydrogen-bond acceptors (Lipinski definition) is 6. The number of imidazole rings is 1. The van der Waals surface area contributed by atoms with E-state index in [4.69, 9.17) is 4.74 Å². The molecule has 9 nitrogen and oxygen atoms in total. The molecular formula is C26H35N5O4S. The van der Waals surface area contributed by atoms with E-state index in [-0.39, 0.29) is 17.0 Å². The molecule has 36 heavy (non-hydrogen) atoms. The van der Waals surface area contributed by atoms with Gasteiger partial charge in [0.05, 0.1) is 29.4 Å². The highest BCUT2D eigenvalue weighted by Gasteiger charge is 2.37. The summed E-state index contributed by atoms with van der Waals surface area (Å²) in [7, 11) is -1.73. The summed E-state index contributed by atoms with van der Waals surface area (Å²) in [4.78, 5) is 19.7. The van der Waals surface area contributed by atoms with E-state index in [1.165, 1.54) is 5.56 Å². The Morgan fingerprint density at radius 1 is 0.944 bits per heavy atom. The number of sulfonamides is 1. The lowest BCUT2D eigenvalue weighted by molar-refractivity contribution is 0.186. The van der Waals surface area contributed by atoms with Gasteiger partial charge < -0.3 is 4.74 Å². The molecule has 0 amide bonds. The van der Waals surface area contributed by atoms with Gasteiger partial charge in [0.2, 0.25) is 10.0 Å². The van der Waals surface area contributed by atoms with Crippen LogP contribution in [0, 0.1) is 0 Å². The van der Waals surface area contributed by atoms with Crippen LogP contribution in [0.4, 0.5) is 0 Å². The predicted molar refractivity (Wildman–Crippen MR) is 139 cm³/mol. The molecule has 0 radical (unpaired) electrons. The van der Waals surface area contributed by atoms with Gasteiger partial charge in [0.1, 0.15) is 0 Å². The smallest absolute Gasteiger partial charge is 0.329 e. The molecule has 10 heteroatoms. The molecule has 4 heterocycles. The summed E-state index contributed by atoms with van der Waals surface area (Å²) >= 11 is 0. The third-order valence-corrected chi connectivity index (χ3v) is 10.0. The molecule has 3 aromatic rings. The van der Waals surface area contributed by atoms with E-state index in [1.54, 1.807) is 28.4 Å². The van der Waals surface area contributed by atoms with Gasteiger partial charge in [0, 0.05) is 45.2 Å². The van der Waals surface area contributed by atoms with E-state index in [1.807, 2.05) is 41.0 Å². The number of likely N-dealkylation sites (tertiary alicyclic amines) is 1. The molecule has 2 aromatic heterocycles. The lowest BCUT2D eigenvalue weighted by Gasteiger charge is -2.37. The zero-order valence-electron chi connectivity index (χ0n) is 20.8. The summed E-state index contributed by atoms with van der Waals surface area (Å²) in [6, 6.07) is 11.8. The monoisotopic (exact) mass is 513 g/mol. The summed E-state index contributed by atoms with van der Waals surface area (Å²) in [6.45, 7) is 4.25. The molecule has 0 N–H and O–H groups in total. The number of pyridine rings is 1. The quantitative estimate of drug-likeness (QED) is 0.460. The molecule has 2 aliphatic heterocycles. The van der Waals surface area contributed by atoms with Crippen LogP contribution in [-0.4, -0.2) is 76.9 Å². The number of fused-ring (bicyclic) bond motifs is 1. The number of para-hydroxylation sites is 2. The van der Waals surface area contributed by atoms with Crippen molar-refractivity contribution >= 4 is 21.1 Å². The molecule has 1 aromatic carbocycles. The summed E-state index contributed by atoms with van der Waals surface area (Å²) in [5, 5.41) is -0.332. The fourth-order valence-electron chi connectivity index (χ4n) is 5.66. The van der Waals surface area contributed by atoms with Crippen LogP contribution < -0.4 is 5.69 Å². The van der Waals surface area contributed by atoms with Crippen LogP contribution >= 0.6 is 0 Å². The number of aromatic nitrogens is 3. The average molecular weight is 514 g/mol. The van der Waals surface area contributed by atoms with Crippen LogP contribution in [0.5, 0.6) is 0 Å². The first kappa shape index (κ1) is 25.1. The summed E-state index contributed by atoms with van der Waals surface area (Å²) in [6.07, 6.45) is 6.17. The van der Waals surface area contributed by atoms with Gasteiger partial charge >= 0.3 is 5.69 Å². The van der Waals surface area contributed by atoms with Gasteiger partial charge in [-0.1, -0.05) is 12.1 Å². The second-order valence-corrected chi connectivity index (χ2v) is 12.0. The Bertz CT molecular complexity index is 1320. The van der Waals surface area contributed by atoms with Crippen LogP contribution in [0.1, 0.15) is 37.3 Å². The van der Waals surface area contributed by atoms with Gasteiger partial charge in [-0.2, -0.15) is 0 Å². The summed E-state index contributed by atoms with van der Waals surface area (Å²) in [5.41, 5.74) is 2.96. The summed E-state index contributed by atoms with van der Waals surface area (Å²) < 4.78 is 37.4. The van der Waals surface area contributed by atoms with Gasteiger partial charge in [-0.25, -0.2) is 17.5 Å². The number of rotatable bonds is 8. The van der Waals surface area contributed by atoms with Crippen molar-refractivity contribution in [1.82, 2.24) is 23.3 Å². The zero-order valence-corrected chi connectivity index (χ0v) is 21.6. The highest BCUT2D eigenvalue weighted by atomic mass is 32.2. The number of ether oxygens (including phenoxy) is 1. The van der Waals surface area contributed by atoms with Gasteiger partial charge in [-0.15, -0.1) is 0 Å². The highest BCUT2D eigenvalue weighted by Crippen LogP contribution is 2.30. The predicted octanol–water partition coefficient (Wildman–Crippen LogP) is 2.48. The Kier molecular flexibility index (Phi) is 7.57. The minimum atomic E-state index is -3.36. The van der Waals surface area contributed by atoms with E-state index >= 15 is 0 Å². The van der Waals surface area contributed by atoms with Crippen LogP contribution in [0.25, 0.3) is 11.0 Å². The van der Waals surface area contributed by atoms with Crippen LogP contribution in [0.15, 0.2) is 53.6 Å². The Labute approximate surface area is 212 Å². The molecule has 2 fully saturated rings. The minimum absolute atomic E-state index is 0.0140. The van der Waals surface area contributed by atoms with Crippen molar-refractivity contribution in [2.45, 2.75) is 50.1 Å². The van der Waals surface area contributed by atoms with E-state index in [9.17, 15) is 13.2 Å². The van der Waals surface area contributed by atoms with Gasteiger partial charge in [-0.05, 0) is 68.6 Å². The zero-order chi connectivity index (χ0) is 25.1. The van der Waals surface area contributed by atoms with Crippen molar-refractivity contribution in [1.29, 1.82) is 0 Å². The normalized spacial score (nSPS) is 19.2. The van der Waals surface area contributed by atoms with Crippen molar-refractivity contribution in [3.8, 4) is 0 Å². The van der Waals surface area contributed by atoms with Crippen LogP contribution in [0.3, 0.4) is 0 Å². The first-order valence-electron chi connectivity index (χ1n) is 12.8. The number of piperidine rings is 2. The SMILES string of the molecule is COCCn1c(=O)n(C2CCN(S(=O)(=O)C3CCN(Cc4ccncc4)CC3)CC2)c2ccccc21. The maximum absolute atomic E-state index is 13.5. The van der Waals surface area contributed by atoms with Crippen molar-refractivity contribution in [3.63, 3.8) is 0 Å². The largest absolute Gasteiger partial charge is 0.383 e. The number of benzene rings is 1. The Balaban J connectivity index is 1.23. The fraction of sp³-hybridized carbons (Fsp3) is 0.538. The van der Waals surface area contributed by atoms with E-state index in [0.29, 0.717) is 51.9 Å². The highest BCUT2D eigenvalue weighted by molar-refractivity contribution is 7.89. The lowest BCUT2D eigenvalue weighted by Crippen LogP contribution is -2.48. The standard InChI is InChI=1S/C26H35N5O4S/c1-35-19-18-30-24-4-2-3-5-25(24)31(26(30)32)22-8-16-29(17-9-22)36(33,34)23-10-14-28(15-11-23)20-21-6-12-27-13-7-21/h2-7,12-13,22-23H,8-11,14-20H2,1H3. The molecule has 2 aliphatic rings. The lowest BCUT2D eigenvalue weighted by atomic mass is 10.1. The van der Waals surface area contributed by atoms with Crippen molar-refractivity contribution in [2.24, 2.45) is 0 Å². The first-order chi connectivity index (χ1) is 17.5. The second kappa shape index (κ2) is 10.8. The molecule has 0 aliphatic carbocycles. The fourth-order valence-corrected chi connectivity index (χ4v) is 7.61. The second-order valence-electron chi connectivity index (χ2n) is 9.79. The Morgan fingerprint density at radius 3 is 2.28 bits per heavy atom. The third kappa shape index (κ3) is 5.00. The number of methoxy groups -OCH3 is 1. The number of nitrogens with zero attached hydrogens (tertiary/aromatic N) is 5. The molecule has 0 bridgehead atoms. The van der Waals surface area contributed by atoms with Gasteiger partial charge in [0.25, 0.3) is 0 Å². The van der Waals surface area contributed by atoms with Crippen LogP contribution in [0.2, 0.25) is 0 Å². The van der Waals surface area contributed by atoms with Crippen molar-refractivity contribution in [3.05, 3.63) is 64.8 Å². The van der Waals surface area contributed by atoms with E-state index < -0.39 is 10.0 Å². The first-order valence-corrected chi connectivity index (χ1v) is 14.3.